The highest BCUT2D eigenvalue weighted by molar-refractivity contribution is 5.08. The van der Waals surface area contributed by atoms with Crippen molar-refractivity contribution in [1.82, 2.24) is 5.32 Å². The molecule has 3 aliphatic rings. The van der Waals surface area contributed by atoms with E-state index in [0.717, 1.165) is 23.8 Å². The fourth-order valence-electron chi connectivity index (χ4n) is 4.42. The lowest BCUT2D eigenvalue weighted by Gasteiger charge is -2.25. The minimum Gasteiger partial charge on any atom is -0.314 e. The minimum atomic E-state index is 0.776. The third kappa shape index (κ3) is 2.76. The van der Waals surface area contributed by atoms with E-state index >= 15 is 0 Å². The van der Waals surface area contributed by atoms with Gasteiger partial charge in [0.15, 0.2) is 0 Å². The molecule has 0 radical (unpaired) electrons. The lowest BCUT2D eigenvalue weighted by Crippen LogP contribution is -2.34. The van der Waals surface area contributed by atoms with Crippen LogP contribution in [0.1, 0.15) is 58.3 Å². The molecule has 3 fully saturated rings. The van der Waals surface area contributed by atoms with Crippen LogP contribution in [0.25, 0.3) is 0 Å². The van der Waals surface area contributed by atoms with E-state index in [2.05, 4.69) is 18.3 Å². The topological polar surface area (TPSA) is 12.0 Å². The molecule has 2 saturated carbocycles. The Morgan fingerprint density at radius 2 is 2.12 bits per heavy atom. The van der Waals surface area contributed by atoms with Crippen molar-refractivity contribution in [3.63, 3.8) is 0 Å². The molecule has 1 saturated heterocycles. The van der Waals surface area contributed by atoms with E-state index in [1.54, 1.807) is 5.57 Å². The van der Waals surface area contributed by atoms with Crippen LogP contribution < -0.4 is 5.32 Å². The first-order valence-electron chi connectivity index (χ1n) is 7.72. The van der Waals surface area contributed by atoms with Crippen LogP contribution in [0.15, 0.2) is 11.6 Å². The molecule has 1 N–H and O–H groups in total. The summed E-state index contributed by atoms with van der Waals surface area (Å²) in [4.78, 5) is 0. The number of nitrogens with one attached hydrogen (secondary N) is 1. The van der Waals surface area contributed by atoms with Gasteiger partial charge >= 0.3 is 0 Å². The van der Waals surface area contributed by atoms with Crippen LogP contribution in [0.3, 0.4) is 0 Å². The highest BCUT2D eigenvalue weighted by atomic mass is 14.9. The van der Waals surface area contributed by atoms with Gasteiger partial charge in [-0.25, -0.2) is 0 Å². The largest absolute Gasteiger partial charge is 0.314 e. The Kier molecular flexibility index (Phi) is 3.56. The molecule has 1 heterocycles. The molecule has 0 aromatic carbocycles. The molecule has 2 bridgehead atoms. The molecule has 0 amide bonds. The second-order valence-corrected chi connectivity index (χ2v) is 6.70. The van der Waals surface area contributed by atoms with Gasteiger partial charge < -0.3 is 5.32 Å². The van der Waals surface area contributed by atoms with Crippen LogP contribution in [-0.2, 0) is 0 Å². The van der Waals surface area contributed by atoms with Crippen molar-refractivity contribution in [2.45, 2.75) is 64.3 Å². The standard InChI is InChI=1S/C16H27N/c1-12(9-16-4-2-3-7-17-16)8-15-11-13-5-6-14(15)10-13/h8,13-17H,2-7,9-11H2,1H3. The van der Waals surface area contributed by atoms with Crippen LogP contribution in [0.4, 0.5) is 0 Å². The Morgan fingerprint density at radius 3 is 2.76 bits per heavy atom. The Hall–Kier alpha value is -0.300. The maximum atomic E-state index is 3.67. The van der Waals surface area contributed by atoms with E-state index < -0.39 is 0 Å². The molecule has 0 aromatic heterocycles. The predicted octanol–water partition coefficient (Wildman–Crippen LogP) is 3.90. The molecular formula is C16H27N. The molecule has 96 valence electrons. The van der Waals surface area contributed by atoms with E-state index in [1.807, 2.05) is 0 Å². The summed E-state index contributed by atoms with van der Waals surface area (Å²) < 4.78 is 0. The van der Waals surface area contributed by atoms with Gasteiger partial charge in [0.05, 0.1) is 0 Å². The normalized spacial score (nSPS) is 42.1. The zero-order valence-electron chi connectivity index (χ0n) is 11.3. The quantitative estimate of drug-likeness (QED) is 0.729. The van der Waals surface area contributed by atoms with Crippen molar-refractivity contribution in [2.75, 3.05) is 6.54 Å². The van der Waals surface area contributed by atoms with Crippen molar-refractivity contribution in [3.05, 3.63) is 11.6 Å². The first kappa shape index (κ1) is 11.8. The number of fused-ring (bicyclic) bond motifs is 2. The van der Waals surface area contributed by atoms with E-state index in [-0.39, 0.29) is 0 Å². The zero-order valence-corrected chi connectivity index (χ0v) is 11.3. The number of allylic oxidation sites excluding steroid dienone is 1. The van der Waals surface area contributed by atoms with Gasteiger partial charge in [-0.3, -0.25) is 0 Å². The molecule has 4 atom stereocenters. The highest BCUT2D eigenvalue weighted by Gasteiger charge is 2.38. The van der Waals surface area contributed by atoms with Gasteiger partial charge in [-0.05, 0) is 69.7 Å². The van der Waals surface area contributed by atoms with Crippen molar-refractivity contribution < 1.29 is 0 Å². The van der Waals surface area contributed by atoms with Gasteiger partial charge in [0.25, 0.3) is 0 Å². The Labute approximate surface area is 106 Å². The lowest BCUT2D eigenvalue weighted by atomic mass is 9.86. The summed E-state index contributed by atoms with van der Waals surface area (Å²) in [5.74, 6) is 3.08. The highest BCUT2D eigenvalue weighted by Crippen LogP contribution is 2.49. The monoisotopic (exact) mass is 233 g/mol. The first-order chi connectivity index (χ1) is 8.31. The molecule has 0 aromatic rings. The van der Waals surface area contributed by atoms with Gasteiger partial charge in [0.1, 0.15) is 0 Å². The minimum absolute atomic E-state index is 0.776. The van der Waals surface area contributed by atoms with Crippen LogP contribution in [0.5, 0.6) is 0 Å². The van der Waals surface area contributed by atoms with Crippen LogP contribution in [0, 0.1) is 17.8 Å². The third-order valence-electron chi connectivity index (χ3n) is 5.27. The van der Waals surface area contributed by atoms with E-state index in [9.17, 15) is 0 Å². The van der Waals surface area contributed by atoms with E-state index in [1.165, 1.54) is 57.9 Å². The van der Waals surface area contributed by atoms with Gasteiger partial charge in [0, 0.05) is 6.04 Å². The molecule has 3 rings (SSSR count). The van der Waals surface area contributed by atoms with E-state index in [0.29, 0.717) is 0 Å². The summed E-state index contributed by atoms with van der Waals surface area (Å²) in [7, 11) is 0. The van der Waals surface area contributed by atoms with Gasteiger partial charge in [-0.15, -0.1) is 0 Å². The smallest absolute Gasteiger partial charge is 0.0104 e. The summed E-state index contributed by atoms with van der Waals surface area (Å²) >= 11 is 0. The van der Waals surface area contributed by atoms with E-state index in [4.69, 9.17) is 0 Å². The summed E-state index contributed by atoms with van der Waals surface area (Å²) in [6, 6.07) is 0.776. The van der Waals surface area contributed by atoms with Crippen molar-refractivity contribution >= 4 is 0 Å². The molecule has 0 spiro atoms. The fraction of sp³-hybridized carbons (Fsp3) is 0.875. The van der Waals surface area contributed by atoms with Crippen molar-refractivity contribution in [1.29, 1.82) is 0 Å². The number of hydrogen-bond donors (Lipinski definition) is 1. The average molecular weight is 233 g/mol. The summed E-state index contributed by atoms with van der Waals surface area (Å²) in [6.07, 6.45) is 14.2. The maximum absolute atomic E-state index is 3.67. The Bertz CT molecular complexity index is 288. The number of hydrogen-bond acceptors (Lipinski definition) is 1. The number of piperidine rings is 1. The summed E-state index contributed by atoms with van der Waals surface area (Å²) in [5.41, 5.74) is 1.65. The lowest BCUT2D eigenvalue weighted by molar-refractivity contribution is 0.383. The SMILES string of the molecule is CC(=CC1CC2CCC1C2)CC1CCCCN1. The molecule has 4 unspecified atom stereocenters. The van der Waals surface area contributed by atoms with Crippen molar-refractivity contribution in [2.24, 2.45) is 17.8 Å². The molecule has 17 heavy (non-hydrogen) atoms. The molecule has 1 heteroatoms. The second kappa shape index (κ2) is 5.14. The van der Waals surface area contributed by atoms with Gasteiger partial charge in [0.2, 0.25) is 0 Å². The fourth-order valence-corrected chi connectivity index (χ4v) is 4.42. The van der Waals surface area contributed by atoms with Crippen LogP contribution >= 0.6 is 0 Å². The zero-order chi connectivity index (χ0) is 11.7. The van der Waals surface area contributed by atoms with Crippen molar-refractivity contribution in [3.8, 4) is 0 Å². The maximum Gasteiger partial charge on any atom is 0.0104 e. The summed E-state index contributed by atoms with van der Waals surface area (Å²) in [5, 5.41) is 3.67. The molecule has 1 aliphatic heterocycles. The van der Waals surface area contributed by atoms with Gasteiger partial charge in [-0.1, -0.05) is 24.5 Å². The average Bonchev–Trinajstić information content (AvgIpc) is 2.92. The predicted molar refractivity (Wildman–Crippen MR) is 73.0 cm³/mol. The summed E-state index contributed by atoms with van der Waals surface area (Å²) in [6.45, 7) is 3.61. The third-order valence-corrected chi connectivity index (χ3v) is 5.27. The molecule has 1 nitrogen and oxygen atoms in total. The Balaban J connectivity index is 1.52. The van der Waals surface area contributed by atoms with Crippen LogP contribution in [-0.4, -0.2) is 12.6 Å². The Morgan fingerprint density at radius 1 is 1.18 bits per heavy atom. The molecular weight excluding hydrogens is 206 g/mol. The van der Waals surface area contributed by atoms with Gasteiger partial charge in [-0.2, -0.15) is 0 Å². The molecule has 2 aliphatic carbocycles. The second-order valence-electron chi connectivity index (χ2n) is 6.70. The number of rotatable bonds is 3. The van der Waals surface area contributed by atoms with Crippen LogP contribution in [0.2, 0.25) is 0 Å². The first-order valence-corrected chi connectivity index (χ1v) is 7.72.